The van der Waals surface area contributed by atoms with Crippen LogP contribution in [0.3, 0.4) is 0 Å². The van der Waals surface area contributed by atoms with Crippen molar-refractivity contribution in [2.45, 2.75) is 18.9 Å². The number of hydrogen-bond acceptors (Lipinski definition) is 5. The number of amides is 2. The van der Waals surface area contributed by atoms with E-state index in [-0.39, 0.29) is 30.2 Å². The maximum absolute atomic E-state index is 13.1. The SMILES string of the molecule is COc1cccc(-n2cc(-c3ccc(Cl)cc3)nc2NC(=O)CN(C(=O)c2ccco2)C2CC2)c1. The Morgan fingerprint density at radius 2 is 1.97 bits per heavy atom. The zero-order valence-corrected chi connectivity index (χ0v) is 19.7. The van der Waals surface area contributed by atoms with E-state index in [0.29, 0.717) is 22.4 Å². The van der Waals surface area contributed by atoms with Gasteiger partial charge in [-0.1, -0.05) is 29.8 Å². The molecule has 9 heteroatoms. The zero-order chi connectivity index (χ0) is 24.4. The molecule has 0 bridgehead atoms. The van der Waals surface area contributed by atoms with Crippen molar-refractivity contribution in [2.24, 2.45) is 0 Å². The van der Waals surface area contributed by atoms with Crippen LogP contribution in [0.1, 0.15) is 23.4 Å². The lowest BCUT2D eigenvalue weighted by molar-refractivity contribution is -0.117. The molecule has 1 aliphatic carbocycles. The highest BCUT2D eigenvalue weighted by Gasteiger charge is 2.35. The smallest absolute Gasteiger partial charge is 0.290 e. The van der Waals surface area contributed by atoms with Crippen molar-refractivity contribution in [2.75, 3.05) is 19.0 Å². The second kappa shape index (κ2) is 9.68. The lowest BCUT2D eigenvalue weighted by Crippen LogP contribution is -2.39. The van der Waals surface area contributed by atoms with Crippen molar-refractivity contribution >= 4 is 29.4 Å². The molecule has 0 unspecified atom stereocenters. The van der Waals surface area contributed by atoms with Gasteiger partial charge in [0.05, 0.1) is 24.8 Å². The molecule has 0 radical (unpaired) electrons. The molecule has 8 nitrogen and oxygen atoms in total. The van der Waals surface area contributed by atoms with Gasteiger partial charge >= 0.3 is 0 Å². The van der Waals surface area contributed by atoms with Crippen molar-refractivity contribution in [1.82, 2.24) is 14.5 Å². The molecule has 2 aromatic heterocycles. The fourth-order valence-electron chi connectivity index (χ4n) is 3.80. The summed E-state index contributed by atoms with van der Waals surface area (Å²) in [5, 5.41) is 3.50. The van der Waals surface area contributed by atoms with Crippen molar-refractivity contribution in [3.8, 4) is 22.7 Å². The second-order valence-corrected chi connectivity index (χ2v) is 8.65. The van der Waals surface area contributed by atoms with E-state index in [1.807, 2.05) is 42.6 Å². The number of carbonyl (C=O) groups excluding carboxylic acids is 2. The number of nitrogens with zero attached hydrogens (tertiary/aromatic N) is 3. The number of ether oxygens (including phenoxy) is 1. The molecule has 5 rings (SSSR count). The van der Waals surface area contributed by atoms with Gasteiger partial charge in [-0.05, 0) is 49.2 Å². The number of halogens is 1. The molecule has 2 aromatic carbocycles. The first-order valence-corrected chi connectivity index (χ1v) is 11.5. The Hall–Kier alpha value is -4.04. The standard InChI is InChI=1S/C26H23ClN4O4/c1-34-21-5-2-4-20(14-21)31-15-22(17-7-9-18(27)10-8-17)28-26(31)29-24(32)16-30(19-11-12-19)25(33)23-6-3-13-35-23/h2-10,13-15,19H,11-12,16H2,1H3,(H,28,29,32). The van der Waals surface area contributed by atoms with Gasteiger partial charge in [-0.15, -0.1) is 0 Å². The van der Waals surface area contributed by atoms with Crippen LogP contribution in [0.5, 0.6) is 5.75 Å². The second-order valence-electron chi connectivity index (χ2n) is 8.22. The maximum atomic E-state index is 13.1. The predicted molar refractivity (Wildman–Crippen MR) is 132 cm³/mol. The average molecular weight is 491 g/mol. The van der Waals surface area contributed by atoms with Gasteiger partial charge in [-0.2, -0.15) is 0 Å². The number of imidazole rings is 1. The highest BCUT2D eigenvalue weighted by molar-refractivity contribution is 6.30. The van der Waals surface area contributed by atoms with E-state index in [2.05, 4.69) is 10.3 Å². The van der Waals surface area contributed by atoms with Crippen LogP contribution < -0.4 is 10.1 Å². The number of benzene rings is 2. The summed E-state index contributed by atoms with van der Waals surface area (Å²) in [7, 11) is 1.59. The quantitative estimate of drug-likeness (QED) is 0.374. The summed E-state index contributed by atoms with van der Waals surface area (Å²) in [4.78, 5) is 32.2. The van der Waals surface area contributed by atoms with Crippen LogP contribution in [0.25, 0.3) is 16.9 Å². The molecule has 35 heavy (non-hydrogen) atoms. The summed E-state index contributed by atoms with van der Waals surface area (Å²) in [6.07, 6.45) is 5.00. The number of aromatic nitrogens is 2. The highest BCUT2D eigenvalue weighted by Crippen LogP contribution is 2.29. The molecule has 2 amide bonds. The highest BCUT2D eigenvalue weighted by atomic mass is 35.5. The van der Waals surface area contributed by atoms with E-state index >= 15 is 0 Å². The Morgan fingerprint density at radius 1 is 1.17 bits per heavy atom. The number of anilines is 1. The molecule has 0 atom stereocenters. The van der Waals surface area contributed by atoms with E-state index in [4.69, 9.17) is 20.8 Å². The monoisotopic (exact) mass is 490 g/mol. The number of rotatable bonds is 8. The van der Waals surface area contributed by atoms with E-state index < -0.39 is 0 Å². The van der Waals surface area contributed by atoms with Crippen LogP contribution >= 0.6 is 11.6 Å². The molecule has 2 heterocycles. The van der Waals surface area contributed by atoms with Gasteiger partial charge in [0.15, 0.2) is 5.76 Å². The minimum absolute atomic E-state index is 0.0288. The van der Waals surface area contributed by atoms with Gasteiger partial charge < -0.3 is 14.1 Å². The molecule has 1 N–H and O–H groups in total. The van der Waals surface area contributed by atoms with Gasteiger partial charge in [0, 0.05) is 28.9 Å². The third-order valence-electron chi connectivity index (χ3n) is 5.72. The minimum Gasteiger partial charge on any atom is -0.497 e. The molecule has 1 aliphatic rings. The van der Waals surface area contributed by atoms with Crippen molar-refractivity contribution in [3.63, 3.8) is 0 Å². The lowest BCUT2D eigenvalue weighted by Gasteiger charge is -2.20. The normalized spacial score (nSPS) is 12.9. The molecular formula is C26H23ClN4O4. The molecule has 1 fully saturated rings. The van der Waals surface area contributed by atoms with E-state index in [1.165, 1.54) is 6.26 Å². The molecule has 0 saturated heterocycles. The third kappa shape index (κ3) is 5.07. The first kappa shape index (κ1) is 22.7. The number of hydrogen-bond donors (Lipinski definition) is 1. The minimum atomic E-state index is -0.353. The van der Waals surface area contributed by atoms with Crippen LogP contribution in [-0.4, -0.2) is 46.0 Å². The molecule has 1 saturated carbocycles. The van der Waals surface area contributed by atoms with Crippen molar-refractivity contribution in [1.29, 1.82) is 0 Å². The topological polar surface area (TPSA) is 89.6 Å². The predicted octanol–water partition coefficient (Wildman–Crippen LogP) is 5.04. The summed E-state index contributed by atoms with van der Waals surface area (Å²) >= 11 is 6.04. The molecular weight excluding hydrogens is 468 g/mol. The largest absolute Gasteiger partial charge is 0.497 e. The first-order valence-electron chi connectivity index (χ1n) is 11.2. The first-order chi connectivity index (χ1) is 17.0. The van der Waals surface area contributed by atoms with E-state index in [0.717, 1.165) is 24.1 Å². The lowest BCUT2D eigenvalue weighted by atomic mass is 10.2. The molecule has 0 aliphatic heterocycles. The average Bonchev–Trinajstić information content (AvgIpc) is 3.39. The fraction of sp³-hybridized carbons (Fsp3) is 0.192. The summed E-state index contributed by atoms with van der Waals surface area (Å²) < 4.78 is 12.4. The Kier molecular flexibility index (Phi) is 6.29. The van der Waals surface area contributed by atoms with Gasteiger partial charge in [-0.25, -0.2) is 4.98 Å². The van der Waals surface area contributed by atoms with Crippen LogP contribution in [-0.2, 0) is 4.79 Å². The molecule has 178 valence electrons. The van der Waals surface area contributed by atoms with E-state index in [9.17, 15) is 9.59 Å². The van der Waals surface area contributed by atoms with Gasteiger partial charge in [-0.3, -0.25) is 19.5 Å². The summed E-state index contributed by atoms with van der Waals surface area (Å²) in [5.41, 5.74) is 2.27. The summed E-state index contributed by atoms with van der Waals surface area (Å²) in [6, 6.07) is 18.0. The Labute approximate surface area is 207 Å². The van der Waals surface area contributed by atoms with Gasteiger partial charge in [0.2, 0.25) is 11.9 Å². The van der Waals surface area contributed by atoms with Crippen LogP contribution in [0.15, 0.2) is 77.5 Å². The molecule has 0 spiro atoms. The van der Waals surface area contributed by atoms with Crippen LogP contribution in [0.2, 0.25) is 5.02 Å². The zero-order valence-electron chi connectivity index (χ0n) is 19.0. The van der Waals surface area contributed by atoms with Crippen molar-refractivity contribution < 1.29 is 18.7 Å². The van der Waals surface area contributed by atoms with Crippen LogP contribution in [0.4, 0.5) is 5.95 Å². The number of methoxy groups -OCH3 is 1. The number of furan rings is 1. The molecule has 4 aromatic rings. The Morgan fingerprint density at radius 3 is 2.66 bits per heavy atom. The van der Waals surface area contributed by atoms with Gasteiger partial charge in [0.25, 0.3) is 5.91 Å². The maximum Gasteiger partial charge on any atom is 0.290 e. The number of nitrogens with one attached hydrogen (secondary N) is 1. The van der Waals surface area contributed by atoms with Crippen LogP contribution in [0, 0.1) is 0 Å². The third-order valence-corrected chi connectivity index (χ3v) is 5.98. The summed E-state index contributed by atoms with van der Waals surface area (Å²) in [5.74, 6) is 0.562. The number of carbonyl (C=O) groups is 2. The van der Waals surface area contributed by atoms with Crippen molar-refractivity contribution in [3.05, 3.63) is 83.9 Å². The summed E-state index contributed by atoms with van der Waals surface area (Å²) in [6.45, 7) is -0.106. The van der Waals surface area contributed by atoms with E-state index in [1.54, 1.807) is 40.8 Å². The van der Waals surface area contributed by atoms with Gasteiger partial charge in [0.1, 0.15) is 12.3 Å². The Bertz CT molecular complexity index is 1340. The Balaban J connectivity index is 1.43. The fourth-order valence-corrected chi connectivity index (χ4v) is 3.92.